The number of para-hydroxylation sites is 1. The van der Waals surface area contributed by atoms with Gasteiger partial charge < -0.3 is 19.8 Å². The molecule has 2 heterocycles. The molecule has 0 saturated heterocycles. The monoisotopic (exact) mass is 405 g/mol. The molecule has 0 aliphatic carbocycles. The van der Waals surface area contributed by atoms with Gasteiger partial charge >= 0.3 is 0 Å². The number of nitrogens with zero attached hydrogens (tertiary/aromatic N) is 4. The summed E-state index contributed by atoms with van der Waals surface area (Å²) in [5.41, 5.74) is 7.40. The highest BCUT2D eigenvalue weighted by molar-refractivity contribution is 7.99. The first-order valence-electron chi connectivity index (χ1n) is 8.82. The second-order valence-electron chi connectivity index (χ2n) is 6.00. The Kier molecular flexibility index (Phi) is 6.88. The van der Waals surface area contributed by atoms with E-state index in [0.717, 1.165) is 22.6 Å². The molecular weight excluding hydrogens is 381 g/mol. The molecule has 0 amide bonds. The molecule has 2 unspecified atom stereocenters. The van der Waals surface area contributed by atoms with Crippen LogP contribution < -0.4 is 10.5 Å². The van der Waals surface area contributed by atoms with Crippen molar-refractivity contribution in [1.82, 2.24) is 19.5 Å². The van der Waals surface area contributed by atoms with Crippen LogP contribution in [0, 0.1) is 0 Å². The lowest BCUT2D eigenvalue weighted by molar-refractivity contribution is 0.0912. The third-order valence-corrected chi connectivity index (χ3v) is 5.03. The van der Waals surface area contributed by atoms with Crippen LogP contribution in [0.4, 0.5) is 5.95 Å². The van der Waals surface area contributed by atoms with Gasteiger partial charge in [-0.15, -0.1) is 9.24 Å². The van der Waals surface area contributed by atoms with Crippen LogP contribution >= 0.6 is 21.0 Å². The molecule has 0 bridgehead atoms. The zero-order valence-electron chi connectivity index (χ0n) is 15.5. The van der Waals surface area contributed by atoms with Crippen molar-refractivity contribution in [2.24, 2.45) is 0 Å². The Morgan fingerprint density at radius 3 is 2.89 bits per heavy atom. The first-order chi connectivity index (χ1) is 13.1. The van der Waals surface area contributed by atoms with E-state index < -0.39 is 0 Å². The zero-order chi connectivity index (χ0) is 19.2. The molecular formula is C18H24N5O2PS. The number of hydrogen-bond acceptors (Lipinski definition) is 7. The fraction of sp³-hybridized carbons (Fsp3) is 0.389. The molecule has 0 radical (unpaired) electrons. The predicted molar refractivity (Wildman–Crippen MR) is 111 cm³/mol. The normalized spacial score (nSPS) is 12.4. The van der Waals surface area contributed by atoms with Gasteiger partial charge in [0.1, 0.15) is 16.3 Å². The van der Waals surface area contributed by atoms with Gasteiger partial charge in [0.05, 0.1) is 36.8 Å². The molecule has 0 fully saturated rings. The van der Waals surface area contributed by atoms with Crippen LogP contribution in [0.3, 0.4) is 0 Å². The third-order valence-electron chi connectivity index (χ3n) is 3.80. The molecule has 2 atom stereocenters. The van der Waals surface area contributed by atoms with Crippen LogP contribution in [0.5, 0.6) is 5.75 Å². The van der Waals surface area contributed by atoms with Gasteiger partial charge in [0.15, 0.2) is 5.65 Å². The van der Waals surface area contributed by atoms with Crippen LogP contribution in [0.15, 0.2) is 40.5 Å². The van der Waals surface area contributed by atoms with Crippen molar-refractivity contribution in [3.63, 3.8) is 0 Å². The fourth-order valence-corrected chi connectivity index (χ4v) is 3.89. The SMILES string of the molecule is CCCOc1ccccc1Sc1nc(N)nc2c1ncn2CC(C)OCP. The van der Waals surface area contributed by atoms with Gasteiger partial charge in [-0.05, 0) is 25.5 Å². The number of anilines is 1. The standard InChI is InChI=1S/C18H24N5O2PS/c1-3-8-24-13-6-4-5-7-14(13)27-17-15-16(21-18(19)22-17)23(10-20-15)9-12(2)25-11-26/h4-7,10,12H,3,8-9,11,26H2,1-2H3,(H2,19,21,22). The summed E-state index contributed by atoms with van der Waals surface area (Å²) in [6.45, 7) is 5.40. The largest absolute Gasteiger partial charge is 0.492 e. The lowest BCUT2D eigenvalue weighted by Gasteiger charge is -2.13. The number of nitrogens with two attached hydrogens (primary N) is 1. The van der Waals surface area contributed by atoms with E-state index in [0.29, 0.717) is 30.2 Å². The first-order valence-corrected chi connectivity index (χ1v) is 10.4. The Bertz CT molecular complexity index is 905. The number of rotatable bonds is 9. The van der Waals surface area contributed by atoms with Crippen LogP contribution in [-0.4, -0.2) is 38.6 Å². The smallest absolute Gasteiger partial charge is 0.223 e. The van der Waals surface area contributed by atoms with Crippen molar-refractivity contribution in [3.05, 3.63) is 30.6 Å². The highest BCUT2D eigenvalue weighted by atomic mass is 32.2. The highest BCUT2D eigenvalue weighted by Gasteiger charge is 2.16. The predicted octanol–water partition coefficient (Wildman–Crippen LogP) is 3.59. The third kappa shape index (κ3) is 4.89. The summed E-state index contributed by atoms with van der Waals surface area (Å²) in [5.74, 6) is 1.05. The minimum atomic E-state index is 0.0374. The number of hydrogen-bond donors (Lipinski definition) is 1. The van der Waals surface area contributed by atoms with Gasteiger partial charge in [-0.2, -0.15) is 4.98 Å². The molecule has 144 valence electrons. The average molecular weight is 405 g/mol. The molecule has 3 rings (SSSR count). The summed E-state index contributed by atoms with van der Waals surface area (Å²) in [7, 11) is 2.56. The van der Waals surface area contributed by atoms with E-state index in [1.54, 1.807) is 6.33 Å². The molecule has 9 heteroatoms. The number of fused-ring (bicyclic) bond motifs is 1. The first kappa shape index (κ1) is 19.9. The number of nitrogen functional groups attached to an aromatic ring is 1. The van der Waals surface area contributed by atoms with Crippen molar-refractivity contribution >= 4 is 38.1 Å². The van der Waals surface area contributed by atoms with Crippen LogP contribution in [0.25, 0.3) is 11.2 Å². The van der Waals surface area contributed by atoms with Gasteiger partial charge in [-0.1, -0.05) is 30.8 Å². The minimum absolute atomic E-state index is 0.0374. The highest BCUT2D eigenvalue weighted by Crippen LogP contribution is 2.36. The quantitative estimate of drug-likeness (QED) is 0.430. The summed E-state index contributed by atoms with van der Waals surface area (Å²) in [6.07, 6.45) is 3.33. The second-order valence-corrected chi connectivity index (χ2v) is 7.36. The van der Waals surface area contributed by atoms with Gasteiger partial charge in [-0.25, -0.2) is 9.97 Å². The van der Waals surface area contributed by atoms with Gasteiger partial charge in [-0.3, -0.25) is 0 Å². The van der Waals surface area contributed by atoms with E-state index in [1.165, 1.54) is 11.8 Å². The molecule has 0 saturated carbocycles. The maximum atomic E-state index is 5.97. The maximum Gasteiger partial charge on any atom is 0.223 e. The summed E-state index contributed by atoms with van der Waals surface area (Å²) >= 11 is 1.48. The van der Waals surface area contributed by atoms with Crippen molar-refractivity contribution in [2.75, 3.05) is 18.7 Å². The van der Waals surface area contributed by atoms with Crippen molar-refractivity contribution in [3.8, 4) is 5.75 Å². The second kappa shape index (κ2) is 9.35. The Labute approximate surface area is 165 Å². The molecule has 7 nitrogen and oxygen atoms in total. The summed E-state index contributed by atoms with van der Waals surface area (Å²) in [5, 5.41) is 0.711. The van der Waals surface area contributed by atoms with E-state index in [1.807, 2.05) is 35.8 Å². The molecule has 2 aromatic heterocycles. The maximum absolute atomic E-state index is 5.97. The van der Waals surface area contributed by atoms with Crippen LogP contribution in [-0.2, 0) is 11.3 Å². The van der Waals surface area contributed by atoms with E-state index in [4.69, 9.17) is 15.2 Å². The number of imidazole rings is 1. The van der Waals surface area contributed by atoms with E-state index >= 15 is 0 Å². The van der Waals surface area contributed by atoms with E-state index in [-0.39, 0.29) is 12.1 Å². The zero-order valence-corrected chi connectivity index (χ0v) is 17.4. The molecule has 0 spiro atoms. The van der Waals surface area contributed by atoms with Gasteiger partial charge in [0, 0.05) is 0 Å². The average Bonchev–Trinajstić information content (AvgIpc) is 3.04. The van der Waals surface area contributed by atoms with Gasteiger partial charge in [0.2, 0.25) is 5.95 Å². The Balaban J connectivity index is 1.93. The summed E-state index contributed by atoms with van der Waals surface area (Å²) < 4.78 is 13.4. The molecule has 0 aliphatic heterocycles. The van der Waals surface area contributed by atoms with Crippen LogP contribution in [0.1, 0.15) is 20.3 Å². The van der Waals surface area contributed by atoms with E-state index in [9.17, 15) is 0 Å². The fourth-order valence-electron chi connectivity index (χ4n) is 2.60. The number of aromatic nitrogens is 4. The summed E-state index contributed by atoms with van der Waals surface area (Å²) in [4.78, 5) is 14.3. The van der Waals surface area contributed by atoms with Crippen molar-refractivity contribution < 1.29 is 9.47 Å². The van der Waals surface area contributed by atoms with Gasteiger partial charge in [0.25, 0.3) is 0 Å². The topological polar surface area (TPSA) is 88.1 Å². The van der Waals surface area contributed by atoms with E-state index in [2.05, 4.69) is 31.1 Å². The number of benzene rings is 1. The number of ether oxygens (including phenoxy) is 2. The van der Waals surface area contributed by atoms with Crippen molar-refractivity contribution in [1.29, 1.82) is 0 Å². The molecule has 3 aromatic rings. The van der Waals surface area contributed by atoms with Crippen molar-refractivity contribution in [2.45, 2.75) is 42.8 Å². The molecule has 1 aromatic carbocycles. The Morgan fingerprint density at radius 1 is 1.30 bits per heavy atom. The minimum Gasteiger partial charge on any atom is -0.492 e. The Hall–Kier alpha value is -1.89. The lowest BCUT2D eigenvalue weighted by Crippen LogP contribution is -2.15. The van der Waals surface area contributed by atoms with Crippen LogP contribution in [0.2, 0.25) is 0 Å². The lowest BCUT2D eigenvalue weighted by atomic mass is 10.3. The molecule has 27 heavy (non-hydrogen) atoms. The Morgan fingerprint density at radius 2 is 2.11 bits per heavy atom. The molecule has 0 aliphatic rings. The molecule has 2 N–H and O–H groups in total. The summed E-state index contributed by atoms with van der Waals surface area (Å²) in [6, 6.07) is 7.90.